The van der Waals surface area contributed by atoms with Crippen LogP contribution in [0.1, 0.15) is 5.56 Å². The first-order valence-electron chi connectivity index (χ1n) is 8.73. The number of rotatable bonds is 5. The smallest absolute Gasteiger partial charge is 0.262 e. The Labute approximate surface area is 166 Å². The molecule has 0 fully saturated rings. The quantitative estimate of drug-likeness (QED) is 0.488. The number of halogens is 1. The van der Waals surface area contributed by atoms with E-state index in [1.165, 1.54) is 0 Å². The van der Waals surface area contributed by atoms with Gasteiger partial charge in [-0.1, -0.05) is 29.8 Å². The zero-order chi connectivity index (χ0) is 19.5. The van der Waals surface area contributed by atoms with Crippen LogP contribution in [0.15, 0.2) is 71.1 Å². The topological polar surface area (TPSA) is 64.4 Å². The molecule has 0 unspecified atom stereocenters. The second kappa shape index (κ2) is 7.74. The van der Waals surface area contributed by atoms with E-state index < -0.39 is 0 Å². The monoisotopic (exact) mass is 392 g/mol. The number of oxazole rings is 1. The van der Waals surface area contributed by atoms with Crippen LogP contribution < -0.4 is 10.1 Å². The molecule has 0 aliphatic carbocycles. The Morgan fingerprint density at radius 2 is 1.96 bits per heavy atom. The molecule has 0 atom stereocenters. The molecule has 1 amide bonds. The largest absolute Gasteiger partial charge is 0.484 e. The van der Waals surface area contributed by atoms with E-state index in [9.17, 15) is 4.79 Å². The van der Waals surface area contributed by atoms with Gasteiger partial charge >= 0.3 is 0 Å². The van der Waals surface area contributed by atoms with E-state index in [2.05, 4.69) is 10.3 Å². The highest BCUT2D eigenvalue weighted by atomic mass is 35.5. The molecule has 3 aromatic carbocycles. The van der Waals surface area contributed by atoms with Crippen molar-refractivity contribution < 1.29 is 13.9 Å². The summed E-state index contributed by atoms with van der Waals surface area (Å²) in [5.74, 6) is 0.838. The number of nitrogens with one attached hydrogen (secondary N) is 1. The van der Waals surface area contributed by atoms with Gasteiger partial charge in [0.05, 0.1) is 0 Å². The summed E-state index contributed by atoms with van der Waals surface area (Å²) in [6, 6.07) is 20.2. The predicted octanol–water partition coefficient (Wildman–Crippen LogP) is 5.47. The van der Waals surface area contributed by atoms with E-state index in [4.69, 9.17) is 20.8 Å². The summed E-state index contributed by atoms with van der Waals surface area (Å²) in [4.78, 5) is 16.7. The van der Waals surface area contributed by atoms with E-state index in [1.807, 2.05) is 49.4 Å². The molecule has 1 heterocycles. The van der Waals surface area contributed by atoms with Crippen molar-refractivity contribution in [1.29, 1.82) is 0 Å². The molecule has 0 bridgehead atoms. The summed E-state index contributed by atoms with van der Waals surface area (Å²) < 4.78 is 11.3. The molecule has 5 nitrogen and oxygen atoms in total. The van der Waals surface area contributed by atoms with Crippen molar-refractivity contribution in [3.05, 3.63) is 77.3 Å². The van der Waals surface area contributed by atoms with Crippen molar-refractivity contribution in [2.45, 2.75) is 6.92 Å². The molecule has 0 saturated heterocycles. The highest BCUT2D eigenvalue weighted by Gasteiger charge is 2.10. The van der Waals surface area contributed by atoms with Crippen LogP contribution in [0.2, 0.25) is 5.02 Å². The van der Waals surface area contributed by atoms with Crippen LogP contribution in [-0.2, 0) is 4.79 Å². The third-order valence-corrected chi connectivity index (χ3v) is 4.61. The Bertz CT molecular complexity index is 1120. The summed E-state index contributed by atoms with van der Waals surface area (Å²) >= 11 is 5.99. The Kier molecular flexibility index (Phi) is 5.00. The highest BCUT2D eigenvalue weighted by Crippen LogP contribution is 2.26. The minimum Gasteiger partial charge on any atom is -0.484 e. The molecule has 1 aromatic heterocycles. The Balaban J connectivity index is 1.44. The number of nitrogens with zero attached hydrogens (tertiary/aromatic N) is 1. The van der Waals surface area contributed by atoms with Gasteiger partial charge < -0.3 is 14.5 Å². The number of ether oxygens (including phenoxy) is 1. The average Bonchev–Trinajstić information content (AvgIpc) is 3.13. The molecular formula is C22H17ClN2O3. The lowest BCUT2D eigenvalue weighted by atomic mass is 10.2. The number of anilines is 1. The molecule has 140 valence electrons. The molecule has 0 aliphatic rings. The third kappa shape index (κ3) is 4.00. The lowest BCUT2D eigenvalue weighted by Crippen LogP contribution is -2.20. The average molecular weight is 393 g/mol. The molecule has 6 heteroatoms. The fraction of sp³-hybridized carbons (Fsp3) is 0.0909. The van der Waals surface area contributed by atoms with Crippen LogP contribution in [0.3, 0.4) is 0 Å². The van der Waals surface area contributed by atoms with Gasteiger partial charge in [-0.3, -0.25) is 4.79 Å². The maximum Gasteiger partial charge on any atom is 0.262 e. The first-order valence-corrected chi connectivity index (χ1v) is 9.11. The molecule has 4 rings (SSSR count). The number of hydrogen-bond donors (Lipinski definition) is 1. The minimum absolute atomic E-state index is 0.103. The molecule has 1 N–H and O–H groups in total. The zero-order valence-corrected chi connectivity index (χ0v) is 15.9. The number of carbonyl (C=O) groups is 1. The number of para-hydroxylation sites is 2. The maximum absolute atomic E-state index is 12.2. The van der Waals surface area contributed by atoms with Gasteiger partial charge in [-0.2, -0.15) is 0 Å². The third-order valence-electron chi connectivity index (χ3n) is 4.19. The van der Waals surface area contributed by atoms with E-state index in [1.54, 1.807) is 24.3 Å². The van der Waals surface area contributed by atoms with Gasteiger partial charge in [0.1, 0.15) is 11.3 Å². The van der Waals surface area contributed by atoms with Gasteiger partial charge in [-0.05, 0) is 61.0 Å². The van der Waals surface area contributed by atoms with E-state index in [0.29, 0.717) is 22.4 Å². The molecule has 0 spiro atoms. The van der Waals surface area contributed by atoms with Gasteiger partial charge in [0, 0.05) is 16.3 Å². The first kappa shape index (κ1) is 18.1. The summed E-state index contributed by atoms with van der Waals surface area (Å²) in [6.45, 7) is 1.78. The number of aromatic nitrogens is 1. The standard InChI is InChI=1S/C22H17ClN2O3/c1-14-11-17(9-10-18(14)23)27-13-21(26)24-16-6-4-5-15(12-16)22-25-19-7-2-3-8-20(19)28-22/h2-12H,13H2,1H3,(H,24,26). The number of benzene rings is 3. The van der Waals surface area contributed by atoms with Crippen LogP contribution in [-0.4, -0.2) is 17.5 Å². The molecule has 0 radical (unpaired) electrons. The zero-order valence-electron chi connectivity index (χ0n) is 15.1. The maximum atomic E-state index is 12.2. The van der Waals surface area contributed by atoms with Gasteiger partial charge in [-0.15, -0.1) is 0 Å². The van der Waals surface area contributed by atoms with Crippen LogP contribution in [0.25, 0.3) is 22.6 Å². The summed E-state index contributed by atoms with van der Waals surface area (Å²) in [7, 11) is 0. The number of amides is 1. The first-order chi connectivity index (χ1) is 13.6. The van der Waals surface area contributed by atoms with Crippen molar-refractivity contribution in [2.24, 2.45) is 0 Å². The normalized spacial score (nSPS) is 10.8. The number of carbonyl (C=O) groups excluding carboxylic acids is 1. The van der Waals surface area contributed by atoms with Crippen LogP contribution in [0.5, 0.6) is 5.75 Å². The van der Waals surface area contributed by atoms with Gasteiger partial charge in [0.25, 0.3) is 5.91 Å². The highest BCUT2D eigenvalue weighted by molar-refractivity contribution is 6.31. The van der Waals surface area contributed by atoms with Crippen molar-refractivity contribution >= 4 is 34.3 Å². The second-order valence-corrected chi connectivity index (χ2v) is 6.72. The second-order valence-electron chi connectivity index (χ2n) is 6.32. The molecule has 28 heavy (non-hydrogen) atoms. The van der Waals surface area contributed by atoms with Gasteiger partial charge in [-0.25, -0.2) is 4.98 Å². The molecular weight excluding hydrogens is 376 g/mol. The van der Waals surface area contributed by atoms with Crippen molar-refractivity contribution in [3.63, 3.8) is 0 Å². The number of aryl methyl sites for hydroxylation is 1. The van der Waals surface area contributed by atoms with Crippen LogP contribution in [0.4, 0.5) is 5.69 Å². The lowest BCUT2D eigenvalue weighted by Gasteiger charge is -2.09. The summed E-state index contributed by atoms with van der Waals surface area (Å²) in [5, 5.41) is 3.48. The molecule has 0 saturated carbocycles. The number of fused-ring (bicyclic) bond motifs is 1. The summed E-state index contributed by atoms with van der Waals surface area (Å²) in [5.41, 5.74) is 3.83. The number of hydrogen-bond acceptors (Lipinski definition) is 4. The fourth-order valence-electron chi connectivity index (χ4n) is 2.78. The van der Waals surface area contributed by atoms with Crippen molar-refractivity contribution in [2.75, 3.05) is 11.9 Å². The van der Waals surface area contributed by atoms with Gasteiger partial charge in [0.15, 0.2) is 12.2 Å². The lowest BCUT2D eigenvalue weighted by molar-refractivity contribution is -0.118. The van der Waals surface area contributed by atoms with E-state index in [0.717, 1.165) is 22.2 Å². The van der Waals surface area contributed by atoms with Crippen LogP contribution in [0, 0.1) is 6.92 Å². The Morgan fingerprint density at radius 1 is 1.11 bits per heavy atom. The minimum atomic E-state index is -0.262. The fourth-order valence-corrected chi connectivity index (χ4v) is 2.90. The Hall–Kier alpha value is -3.31. The summed E-state index contributed by atoms with van der Waals surface area (Å²) in [6.07, 6.45) is 0. The Morgan fingerprint density at radius 3 is 2.79 bits per heavy atom. The van der Waals surface area contributed by atoms with Crippen LogP contribution >= 0.6 is 11.6 Å². The molecule has 4 aromatic rings. The predicted molar refractivity (Wildman–Crippen MR) is 110 cm³/mol. The van der Waals surface area contributed by atoms with Crippen molar-refractivity contribution in [3.8, 4) is 17.2 Å². The van der Waals surface area contributed by atoms with E-state index in [-0.39, 0.29) is 12.5 Å². The molecule has 0 aliphatic heterocycles. The van der Waals surface area contributed by atoms with Gasteiger partial charge in [0.2, 0.25) is 5.89 Å². The van der Waals surface area contributed by atoms with E-state index >= 15 is 0 Å². The SMILES string of the molecule is Cc1cc(OCC(=O)Nc2cccc(-c3nc4ccccc4o3)c2)ccc1Cl. The van der Waals surface area contributed by atoms with Crippen molar-refractivity contribution in [1.82, 2.24) is 4.98 Å².